The lowest BCUT2D eigenvalue weighted by atomic mass is 10.1. The molecule has 162 valence electrons. The minimum atomic E-state index is 0. The van der Waals surface area contributed by atoms with Gasteiger partial charge in [-0.3, -0.25) is 0 Å². The third-order valence-corrected chi connectivity index (χ3v) is 4.60. The SMILES string of the molecule is CCNC(=NCc1cc(N(C)C)nc2ccccc12)NCc1cc(C(C)C)no1.I. The first-order valence-electron chi connectivity index (χ1n) is 10.0. The van der Waals surface area contributed by atoms with Gasteiger partial charge in [0.15, 0.2) is 11.7 Å². The molecule has 0 aliphatic heterocycles. The minimum Gasteiger partial charge on any atom is -0.363 e. The van der Waals surface area contributed by atoms with Gasteiger partial charge in [0.2, 0.25) is 0 Å². The summed E-state index contributed by atoms with van der Waals surface area (Å²) < 4.78 is 5.41. The molecule has 0 unspecified atom stereocenters. The number of hydrogen-bond donors (Lipinski definition) is 2. The van der Waals surface area contributed by atoms with Gasteiger partial charge in [-0.05, 0) is 30.5 Å². The Morgan fingerprint density at radius 1 is 1.17 bits per heavy atom. The van der Waals surface area contributed by atoms with Crippen LogP contribution in [-0.4, -0.2) is 36.7 Å². The highest BCUT2D eigenvalue weighted by Gasteiger charge is 2.10. The molecule has 2 N–H and O–H groups in total. The molecule has 2 heterocycles. The van der Waals surface area contributed by atoms with Crippen molar-refractivity contribution in [3.05, 3.63) is 53.4 Å². The number of pyridine rings is 1. The predicted octanol–water partition coefficient (Wildman–Crippen LogP) is 4.29. The lowest BCUT2D eigenvalue weighted by Gasteiger charge is -2.15. The summed E-state index contributed by atoms with van der Waals surface area (Å²) in [5.74, 6) is 2.81. The summed E-state index contributed by atoms with van der Waals surface area (Å²) in [6.07, 6.45) is 0. The number of rotatable bonds is 7. The molecule has 0 atom stereocenters. The lowest BCUT2D eigenvalue weighted by molar-refractivity contribution is 0.372. The van der Waals surface area contributed by atoms with Crippen molar-refractivity contribution in [2.24, 2.45) is 4.99 Å². The molecule has 2 aromatic heterocycles. The van der Waals surface area contributed by atoms with Crippen LogP contribution < -0.4 is 15.5 Å². The summed E-state index contributed by atoms with van der Waals surface area (Å²) in [5.41, 5.74) is 3.08. The van der Waals surface area contributed by atoms with Crippen molar-refractivity contribution in [3.8, 4) is 0 Å². The fourth-order valence-corrected chi connectivity index (χ4v) is 2.95. The molecule has 3 rings (SSSR count). The van der Waals surface area contributed by atoms with Crippen molar-refractivity contribution in [1.82, 2.24) is 20.8 Å². The van der Waals surface area contributed by atoms with E-state index in [1.165, 1.54) is 0 Å². The van der Waals surface area contributed by atoms with Crippen LogP contribution in [0.4, 0.5) is 5.82 Å². The molecule has 0 aliphatic carbocycles. The predicted molar refractivity (Wildman–Crippen MR) is 134 cm³/mol. The van der Waals surface area contributed by atoms with Crippen molar-refractivity contribution in [1.29, 1.82) is 0 Å². The number of benzene rings is 1. The van der Waals surface area contributed by atoms with Gasteiger partial charge in [0.25, 0.3) is 0 Å². The zero-order valence-corrected chi connectivity index (χ0v) is 20.6. The number of aliphatic imine (C=N–C) groups is 1. The number of para-hydroxylation sites is 1. The third-order valence-electron chi connectivity index (χ3n) is 4.60. The summed E-state index contributed by atoms with van der Waals surface area (Å²) >= 11 is 0. The summed E-state index contributed by atoms with van der Waals surface area (Å²) in [7, 11) is 4.00. The summed E-state index contributed by atoms with van der Waals surface area (Å²) in [4.78, 5) is 11.5. The van der Waals surface area contributed by atoms with Crippen LogP contribution in [0.15, 0.2) is 45.9 Å². The molecule has 0 amide bonds. The Labute approximate surface area is 195 Å². The molecule has 3 aromatic rings. The number of guanidine groups is 1. The first kappa shape index (κ1) is 23.9. The molecule has 1 aromatic carbocycles. The number of hydrogen-bond acceptors (Lipinski definition) is 5. The standard InChI is InChI=1S/C22H30N6O.HI/c1-6-23-22(25-14-17-12-20(15(2)3)27-29-17)24-13-16-11-21(28(4)5)26-19-10-8-7-9-18(16)19;/h7-12,15H,6,13-14H2,1-5H3,(H2,23,24,25);1H. The average Bonchev–Trinajstić information content (AvgIpc) is 3.19. The molecule has 8 heteroatoms. The molecule has 0 bridgehead atoms. The Kier molecular flexibility index (Phi) is 8.88. The highest BCUT2D eigenvalue weighted by Crippen LogP contribution is 2.22. The summed E-state index contributed by atoms with van der Waals surface area (Å²) in [6, 6.07) is 12.3. The van der Waals surface area contributed by atoms with E-state index in [4.69, 9.17) is 14.5 Å². The van der Waals surface area contributed by atoms with Crippen LogP contribution in [0.5, 0.6) is 0 Å². The van der Waals surface area contributed by atoms with Crippen LogP contribution in [-0.2, 0) is 13.1 Å². The second kappa shape index (κ2) is 11.1. The Bertz CT molecular complexity index is 983. The van der Waals surface area contributed by atoms with E-state index >= 15 is 0 Å². The fourth-order valence-electron chi connectivity index (χ4n) is 2.95. The van der Waals surface area contributed by atoms with Gasteiger partial charge < -0.3 is 20.1 Å². The average molecular weight is 522 g/mol. The second-order valence-electron chi connectivity index (χ2n) is 7.47. The molecule has 0 saturated heterocycles. The van der Waals surface area contributed by atoms with Crippen molar-refractivity contribution in [2.45, 2.75) is 39.8 Å². The van der Waals surface area contributed by atoms with Gasteiger partial charge in [0.05, 0.1) is 24.3 Å². The smallest absolute Gasteiger partial charge is 0.191 e. The molecule has 0 fully saturated rings. The Balaban J connectivity index is 0.00000320. The lowest BCUT2D eigenvalue weighted by Crippen LogP contribution is -2.36. The largest absolute Gasteiger partial charge is 0.363 e. The monoisotopic (exact) mass is 522 g/mol. The first-order chi connectivity index (χ1) is 14.0. The summed E-state index contributed by atoms with van der Waals surface area (Å²) in [6.45, 7) is 8.11. The molecular formula is C22H31IN6O. The van der Waals surface area contributed by atoms with Crippen molar-refractivity contribution in [3.63, 3.8) is 0 Å². The highest BCUT2D eigenvalue weighted by molar-refractivity contribution is 14.0. The number of fused-ring (bicyclic) bond motifs is 1. The van der Waals surface area contributed by atoms with E-state index in [1.54, 1.807) is 0 Å². The fraction of sp³-hybridized carbons (Fsp3) is 0.409. The number of nitrogens with zero attached hydrogens (tertiary/aromatic N) is 4. The van der Waals surface area contributed by atoms with Crippen LogP contribution in [0.3, 0.4) is 0 Å². The molecule has 0 aliphatic rings. The zero-order valence-electron chi connectivity index (χ0n) is 18.3. The number of halogens is 1. The van der Waals surface area contributed by atoms with Crippen molar-refractivity contribution >= 4 is 46.7 Å². The minimum absolute atomic E-state index is 0. The van der Waals surface area contributed by atoms with Crippen LogP contribution in [0.1, 0.15) is 43.7 Å². The van der Waals surface area contributed by atoms with Crippen molar-refractivity contribution in [2.75, 3.05) is 25.5 Å². The van der Waals surface area contributed by atoms with Crippen LogP contribution >= 0.6 is 24.0 Å². The van der Waals surface area contributed by atoms with E-state index in [2.05, 4.69) is 48.7 Å². The van der Waals surface area contributed by atoms with E-state index in [-0.39, 0.29) is 24.0 Å². The van der Waals surface area contributed by atoms with E-state index < -0.39 is 0 Å². The van der Waals surface area contributed by atoms with E-state index in [0.717, 1.165) is 46.2 Å². The molecule has 0 saturated carbocycles. The van der Waals surface area contributed by atoms with Crippen LogP contribution in [0.25, 0.3) is 10.9 Å². The van der Waals surface area contributed by atoms with Gasteiger partial charge in [0, 0.05) is 32.1 Å². The van der Waals surface area contributed by atoms with Gasteiger partial charge in [-0.1, -0.05) is 37.2 Å². The molecule has 30 heavy (non-hydrogen) atoms. The maximum absolute atomic E-state index is 5.41. The Hall–Kier alpha value is -2.36. The highest BCUT2D eigenvalue weighted by atomic mass is 127. The second-order valence-corrected chi connectivity index (χ2v) is 7.47. The van der Waals surface area contributed by atoms with Crippen molar-refractivity contribution < 1.29 is 4.52 Å². The molecule has 0 spiro atoms. The zero-order chi connectivity index (χ0) is 20.8. The Morgan fingerprint density at radius 2 is 1.93 bits per heavy atom. The number of anilines is 1. The Morgan fingerprint density at radius 3 is 2.60 bits per heavy atom. The van der Waals surface area contributed by atoms with Gasteiger partial charge in [-0.25, -0.2) is 9.98 Å². The first-order valence-corrected chi connectivity index (χ1v) is 10.0. The van der Waals surface area contributed by atoms with Gasteiger partial charge in [-0.15, -0.1) is 24.0 Å². The van der Waals surface area contributed by atoms with Gasteiger partial charge in [-0.2, -0.15) is 0 Å². The van der Waals surface area contributed by atoms with E-state index in [9.17, 15) is 0 Å². The van der Waals surface area contributed by atoms with Crippen LogP contribution in [0, 0.1) is 0 Å². The molecule has 0 radical (unpaired) electrons. The third kappa shape index (κ3) is 6.07. The maximum Gasteiger partial charge on any atom is 0.191 e. The quantitative estimate of drug-likeness (QED) is 0.274. The molecule has 7 nitrogen and oxygen atoms in total. The summed E-state index contributed by atoms with van der Waals surface area (Å²) in [5, 5.41) is 11.8. The molecular weight excluding hydrogens is 491 g/mol. The number of aromatic nitrogens is 2. The van der Waals surface area contributed by atoms with E-state index in [1.807, 2.05) is 43.3 Å². The maximum atomic E-state index is 5.41. The van der Waals surface area contributed by atoms with Crippen LogP contribution in [0.2, 0.25) is 0 Å². The van der Waals surface area contributed by atoms with Gasteiger partial charge >= 0.3 is 0 Å². The number of nitrogens with one attached hydrogen (secondary N) is 2. The van der Waals surface area contributed by atoms with Gasteiger partial charge in [0.1, 0.15) is 5.82 Å². The van der Waals surface area contributed by atoms with E-state index in [0.29, 0.717) is 19.0 Å². The normalized spacial score (nSPS) is 11.5. The topological polar surface area (TPSA) is 78.6 Å².